The number of aromatic nitrogens is 2. The molecule has 0 radical (unpaired) electrons. The van der Waals surface area contributed by atoms with Crippen LogP contribution >= 0.6 is 0 Å². The zero-order valence-corrected chi connectivity index (χ0v) is 14.3. The molecule has 0 aliphatic rings. The number of aromatic hydroxyl groups is 1. The summed E-state index contributed by atoms with van der Waals surface area (Å²) in [6, 6.07) is 3.44. The van der Waals surface area contributed by atoms with Gasteiger partial charge in [-0.3, -0.25) is 19.6 Å². The molecule has 0 saturated heterocycles. The molecule has 25 heavy (non-hydrogen) atoms. The molecule has 1 amide bonds. The third kappa shape index (κ3) is 3.60. The lowest BCUT2D eigenvalue weighted by atomic mass is 10.2. The number of phenols is 1. The summed E-state index contributed by atoms with van der Waals surface area (Å²) < 4.78 is 25.0. The van der Waals surface area contributed by atoms with Crippen LogP contribution in [0, 0.1) is 10.1 Å². The minimum Gasteiger partial charge on any atom is -0.506 e. The van der Waals surface area contributed by atoms with Crippen molar-refractivity contribution in [1.82, 2.24) is 9.78 Å². The Bertz CT molecular complexity index is 935. The van der Waals surface area contributed by atoms with E-state index >= 15 is 0 Å². The van der Waals surface area contributed by atoms with Crippen molar-refractivity contribution in [3.05, 3.63) is 40.2 Å². The molecule has 2 N–H and O–H groups in total. The SMILES string of the molecule is CCn1ncc([N+](=O)[O-])c1C(=O)Nc1cc(S(=O)(=O)CC)ccc1O. The zero-order chi connectivity index (χ0) is 18.8. The van der Waals surface area contributed by atoms with Gasteiger partial charge in [-0.15, -0.1) is 0 Å². The van der Waals surface area contributed by atoms with Crippen LogP contribution in [0.5, 0.6) is 5.75 Å². The van der Waals surface area contributed by atoms with Gasteiger partial charge in [0.1, 0.15) is 11.9 Å². The average Bonchev–Trinajstić information content (AvgIpc) is 3.01. The monoisotopic (exact) mass is 368 g/mol. The van der Waals surface area contributed by atoms with Crippen LogP contribution in [0.2, 0.25) is 0 Å². The molecule has 1 aromatic heterocycles. The second-order valence-corrected chi connectivity index (χ2v) is 7.27. The fraction of sp³-hybridized carbons (Fsp3) is 0.286. The Morgan fingerprint density at radius 2 is 2.08 bits per heavy atom. The second kappa shape index (κ2) is 6.89. The van der Waals surface area contributed by atoms with E-state index in [0.717, 1.165) is 23.0 Å². The zero-order valence-electron chi connectivity index (χ0n) is 13.5. The van der Waals surface area contributed by atoms with E-state index in [-0.39, 0.29) is 34.3 Å². The molecule has 10 nitrogen and oxygen atoms in total. The van der Waals surface area contributed by atoms with Crippen molar-refractivity contribution < 1.29 is 23.2 Å². The number of aryl methyl sites for hydroxylation is 1. The Morgan fingerprint density at radius 3 is 2.64 bits per heavy atom. The summed E-state index contributed by atoms with van der Waals surface area (Å²) in [6.07, 6.45) is 0.955. The maximum Gasteiger partial charge on any atom is 0.320 e. The Labute approximate surface area is 143 Å². The third-order valence-corrected chi connectivity index (χ3v) is 5.22. The van der Waals surface area contributed by atoms with Gasteiger partial charge in [0, 0.05) is 6.54 Å². The van der Waals surface area contributed by atoms with Gasteiger partial charge in [-0.05, 0) is 25.1 Å². The number of nitro groups is 1. The fourth-order valence-corrected chi connectivity index (χ4v) is 3.05. The van der Waals surface area contributed by atoms with Gasteiger partial charge in [0.15, 0.2) is 9.84 Å². The number of benzene rings is 1. The maximum atomic E-state index is 12.4. The van der Waals surface area contributed by atoms with E-state index in [9.17, 15) is 28.4 Å². The van der Waals surface area contributed by atoms with Crippen LogP contribution in [0.3, 0.4) is 0 Å². The van der Waals surface area contributed by atoms with Crippen LogP contribution in [-0.4, -0.2) is 39.9 Å². The molecule has 0 saturated carbocycles. The summed E-state index contributed by atoms with van der Waals surface area (Å²) in [5.74, 6) is -1.40. The highest BCUT2D eigenvalue weighted by Gasteiger charge is 2.27. The topological polar surface area (TPSA) is 144 Å². The van der Waals surface area contributed by atoms with E-state index in [2.05, 4.69) is 10.4 Å². The van der Waals surface area contributed by atoms with Crippen molar-refractivity contribution in [1.29, 1.82) is 0 Å². The third-order valence-electron chi connectivity index (χ3n) is 3.49. The quantitative estimate of drug-likeness (QED) is 0.447. The normalized spacial score (nSPS) is 11.3. The number of nitrogens with zero attached hydrogens (tertiary/aromatic N) is 3. The van der Waals surface area contributed by atoms with Crippen LogP contribution in [0.1, 0.15) is 24.3 Å². The number of carbonyl (C=O) groups excluding carboxylic acids is 1. The van der Waals surface area contributed by atoms with Gasteiger partial charge in [0.05, 0.1) is 21.3 Å². The molecule has 0 fully saturated rings. The van der Waals surface area contributed by atoms with Crippen LogP contribution in [-0.2, 0) is 16.4 Å². The van der Waals surface area contributed by atoms with E-state index in [1.807, 2.05) is 0 Å². The van der Waals surface area contributed by atoms with Gasteiger partial charge in [-0.1, -0.05) is 6.92 Å². The molecule has 2 rings (SSSR count). The largest absolute Gasteiger partial charge is 0.506 e. The molecule has 1 aromatic carbocycles. The maximum absolute atomic E-state index is 12.4. The van der Waals surface area contributed by atoms with Crippen LogP contribution < -0.4 is 5.32 Å². The molecule has 0 bridgehead atoms. The predicted molar refractivity (Wildman–Crippen MR) is 88.3 cm³/mol. The van der Waals surface area contributed by atoms with E-state index in [1.165, 1.54) is 13.0 Å². The lowest BCUT2D eigenvalue weighted by molar-refractivity contribution is -0.385. The first kappa shape index (κ1) is 18.4. The number of hydrogen-bond acceptors (Lipinski definition) is 7. The summed E-state index contributed by atoms with van der Waals surface area (Å²) in [6.45, 7) is 3.33. The Kier molecular flexibility index (Phi) is 5.07. The number of rotatable bonds is 6. The number of carbonyl (C=O) groups is 1. The molecular weight excluding hydrogens is 352 g/mol. The first-order valence-corrected chi connectivity index (χ1v) is 8.93. The van der Waals surface area contributed by atoms with Gasteiger partial charge in [-0.2, -0.15) is 5.10 Å². The smallest absolute Gasteiger partial charge is 0.320 e. The molecule has 1 heterocycles. The molecule has 0 spiro atoms. The molecule has 134 valence electrons. The highest BCUT2D eigenvalue weighted by molar-refractivity contribution is 7.91. The van der Waals surface area contributed by atoms with Gasteiger partial charge < -0.3 is 10.4 Å². The fourth-order valence-electron chi connectivity index (χ4n) is 2.14. The molecule has 0 unspecified atom stereocenters. The highest BCUT2D eigenvalue weighted by atomic mass is 32.2. The molecule has 11 heteroatoms. The molecule has 0 aliphatic carbocycles. The number of hydrogen-bond donors (Lipinski definition) is 2. The van der Waals surface area contributed by atoms with Crippen LogP contribution in [0.15, 0.2) is 29.3 Å². The molecule has 2 aromatic rings. The first-order valence-electron chi connectivity index (χ1n) is 7.28. The summed E-state index contributed by atoms with van der Waals surface area (Å²) in [4.78, 5) is 22.6. The Hall–Kier alpha value is -2.95. The number of amides is 1. The lowest BCUT2D eigenvalue weighted by Gasteiger charge is -2.10. The first-order chi connectivity index (χ1) is 11.7. The van der Waals surface area contributed by atoms with Crippen molar-refractivity contribution in [2.75, 3.05) is 11.1 Å². The molecule has 0 aliphatic heterocycles. The standard InChI is InChI=1S/C14H16N4O6S/c1-3-17-13(11(8-15-17)18(21)22)14(20)16-10-7-9(5-6-12(10)19)25(23,24)4-2/h5-8,19H,3-4H2,1-2H3,(H,16,20). The lowest BCUT2D eigenvalue weighted by Crippen LogP contribution is -2.19. The number of sulfone groups is 1. The second-order valence-electron chi connectivity index (χ2n) is 4.99. The average molecular weight is 368 g/mol. The summed E-state index contributed by atoms with van der Waals surface area (Å²) in [7, 11) is -3.55. The van der Waals surface area contributed by atoms with Crippen molar-refractivity contribution in [3.63, 3.8) is 0 Å². The van der Waals surface area contributed by atoms with Crippen molar-refractivity contribution in [3.8, 4) is 5.75 Å². The Morgan fingerprint density at radius 1 is 1.40 bits per heavy atom. The van der Waals surface area contributed by atoms with Crippen LogP contribution in [0.4, 0.5) is 11.4 Å². The van der Waals surface area contributed by atoms with Gasteiger partial charge in [0.25, 0.3) is 5.91 Å². The summed E-state index contributed by atoms with van der Waals surface area (Å²) in [5.41, 5.74) is -0.954. The highest BCUT2D eigenvalue weighted by Crippen LogP contribution is 2.28. The Balaban J connectivity index is 2.44. The van der Waals surface area contributed by atoms with E-state index in [0.29, 0.717) is 0 Å². The van der Waals surface area contributed by atoms with Crippen LogP contribution in [0.25, 0.3) is 0 Å². The molecule has 0 atom stereocenters. The summed E-state index contributed by atoms with van der Waals surface area (Å²) >= 11 is 0. The van der Waals surface area contributed by atoms with E-state index in [1.54, 1.807) is 6.92 Å². The van der Waals surface area contributed by atoms with E-state index < -0.39 is 26.4 Å². The van der Waals surface area contributed by atoms with Crippen molar-refractivity contribution >= 4 is 27.1 Å². The van der Waals surface area contributed by atoms with Gasteiger partial charge in [-0.25, -0.2) is 8.42 Å². The number of nitrogens with one attached hydrogen (secondary N) is 1. The van der Waals surface area contributed by atoms with Gasteiger partial charge in [0.2, 0.25) is 5.69 Å². The minimum absolute atomic E-state index is 0.0819. The minimum atomic E-state index is -3.55. The van der Waals surface area contributed by atoms with E-state index in [4.69, 9.17) is 0 Å². The van der Waals surface area contributed by atoms with Crippen molar-refractivity contribution in [2.24, 2.45) is 0 Å². The molecular formula is C14H16N4O6S. The summed E-state index contributed by atoms with van der Waals surface area (Å²) in [5, 5.41) is 27.0. The number of anilines is 1. The number of phenolic OH excluding ortho intramolecular Hbond substituents is 1. The predicted octanol–water partition coefficient (Wildman–Crippen LogP) is 1.56. The van der Waals surface area contributed by atoms with Gasteiger partial charge >= 0.3 is 5.69 Å². The van der Waals surface area contributed by atoms with Crippen molar-refractivity contribution in [2.45, 2.75) is 25.3 Å².